The second-order valence-corrected chi connectivity index (χ2v) is 5.98. The molecule has 0 aliphatic carbocycles. The Morgan fingerprint density at radius 3 is 2.53 bits per heavy atom. The van der Waals surface area contributed by atoms with Gasteiger partial charge >= 0.3 is 0 Å². The van der Waals surface area contributed by atoms with Crippen LogP contribution in [0.4, 0.5) is 5.69 Å². The van der Waals surface area contributed by atoms with Gasteiger partial charge in [0.05, 0.1) is 5.54 Å². The van der Waals surface area contributed by atoms with Crippen LogP contribution in [0, 0.1) is 6.92 Å². The van der Waals surface area contributed by atoms with Gasteiger partial charge in [0.15, 0.2) is 0 Å². The summed E-state index contributed by atoms with van der Waals surface area (Å²) < 4.78 is 0. The number of nitrogens with two attached hydrogens (primary N) is 1. The number of likely N-dealkylation sites (tertiary alicyclic amines) is 1. The van der Waals surface area contributed by atoms with E-state index in [-0.39, 0.29) is 5.54 Å². The number of benzene rings is 1. The SMILES string of the molecule is Cc1ccc(N(C)C2(CN)CCCN(C)CC2)cc1. The first-order valence-corrected chi connectivity index (χ1v) is 7.26. The third kappa shape index (κ3) is 3.10. The second kappa shape index (κ2) is 5.93. The quantitative estimate of drug-likeness (QED) is 0.906. The number of nitrogens with zero attached hydrogens (tertiary/aromatic N) is 2. The molecule has 3 heteroatoms. The Kier molecular flexibility index (Phi) is 4.48. The summed E-state index contributed by atoms with van der Waals surface area (Å²) in [5.41, 5.74) is 8.86. The van der Waals surface area contributed by atoms with E-state index >= 15 is 0 Å². The number of hydrogen-bond acceptors (Lipinski definition) is 3. The van der Waals surface area contributed by atoms with Gasteiger partial charge in [0.1, 0.15) is 0 Å². The molecule has 0 bridgehead atoms. The van der Waals surface area contributed by atoms with Crippen LogP contribution in [-0.2, 0) is 0 Å². The lowest BCUT2D eigenvalue weighted by Gasteiger charge is -2.42. The maximum Gasteiger partial charge on any atom is 0.0533 e. The molecular formula is C16H27N3. The molecule has 0 saturated carbocycles. The minimum atomic E-state index is 0.111. The molecule has 1 saturated heterocycles. The van der Waals surface area contributed by atoms with Gasteiger partial charge in [0.2, 0.25) is 0 Å². The fourth-order valence-corrected chi connectivity index (χ4v) is 3.03. The molecule has 19 heavy (non-hydrogen) atoms. The van der Waals surface area contributed by atoms with Crippen molar-refractivity contribution in [2.45, 2.75) is 31.7 Å². The van der Waals surface area contributed by atoms with Gasteiger partial charge in [-0.15, -0.1) is 0 Å². The highest BCUT2D eigenvalue weighted by atomic mass is 15.2. The van der Waals surface area contributed by atoms with Crippen LogP contribution in [0.1, 0.15) is 24.8 Å². The minimum absolute atomic E-state index is 0.111. The Balaban J connectivity index is 2.22. The number of anilines is 1. The van der Waals surface area contributed by atoms with Gasteiger partial charge in [0, 0.05) is 25.8 Å². The Morgan fingerprint density at radius 2 is 1.89 bits per heavy atom. The molecule has 0 aromatic heterocycles. The smallest absolute Gasteiger partial charge is 0.0533 e. The zero-order valence-corrected chi connectivity index (χ0v) is 12.5. The number of aryl methyl sites for hydroxylation is 1. The highest BCUT2D eigenvalue weighted by molar-refractivity contribution is 5.49. The third-order valence-corrected chi connectivity index (χ3v) is 4.65. The summed E-state index contributed by atoms with van der Waals surface area (Å²) in [6.45, 7) is 5.17. The molecule has 2 rings (SSSR count). The summed E-state index contributed by atoms with van der Waals surface area (Å²) >= 11 is 0. The lowest BCUT2D eigenvalue weighted by Crippen LogP contribution is -2.53. The van der Waals surface area contributed by atoms with Gasteiger partial charge in [0.25, 0.3) is 0 Å². The molecule has 3 nitrogen and oxygen atoms in total. The molecule has 2 N–H and O–H groups in total. The number of likely N-dealkylation sites (N-methyl/N-ethyl adjacent to an activating group) is 1. The van der Waals surface area contributed by atoms with E-state index in [0.717, 1.165) is 19.5 Å². The topological polar surface area (TPSA) is 32.5 Å². The Morgan fingerprint density at radius 1 is 1.21 bits per heavy atom. The monoisotopic (exact) mass is 261 g/mol. The van der Waals surface area contributed by atoms with Crippen molar-refractivity contribution < 1.29 is 0 Å². The molecule has 1 heterocycles. The summed E-state index contributed by atoms with van der Waals surface area (Å²) in [6.07, 6.45) is 3.55. The van der Waals surface area contributed by atoms with Gasteiger partial charge in [-0.3, -0.25) is 0 Å². The molecular weight excluding hydrogens is 234 g/mol. The summed E-state index contributed by atoms with van der Waals surface area (Å²) in [4.78, 5) is 4.83. The van der Waals surface area contributed by atoms with Crippen LogP contribution < -0.4 is 10.6 Å². The van der Waals surface area contributed by atoms with Gasteiger partial charge in [-0.1, -0.05) is 17.7 Å². The second-order valence-electron chi connectivity index (χ2n) is 5.98. The Labute approximate surface area is 117 Å². The summed E-state index contributed by atoms with van der Waals surface area (Å²) in [5.74, 6) is 0. The van der Waals surface area contributed by atoms with Crippen molar-refractivity contribution in [3.63, 3.8) is 0 Å². The van der Waals surface area contributed by atoms with Crippen LogP contribution in [0.5, 0.6) is 0 Å². The summed E-state index contributed by atoms with van der Waals surface area (Å²) in [5, 5.41) is 0. The zero-order chi connectivity index (χ0) is 13.9. The van der Waals surface area contributed by atoms with Crippen LogP contribution in [-0.4, -0.2) is 44.2 Å². The molecule has 0 amide bonds. The average Bonchev–Trinajstić information content (AvgIpc) is 2.61. The van der Waals surface area contributed by atoms with Crippen molar-refractivity contribution in [3.05, 3.63) is 29.8 Å². The highest BCUT2D eigenvalue weighted by Crippen LogP contribution is 2.31. The van der Waals surface area contributed by atoms with Crippen LogP contribution >= 0.6 is 0 Å². The molecule has 1 aromatic rings. The molecule has 0 radical (unpaired) electrons. The van der Waals surface area contributed by atoms with E-state index in [0.29, 0.717) is 0 Å². The average molecular weight is 261 g/mol. The normalized spacial score (nSPS) is 25.1. The predicted octanol–water partition coefficient (Wildman–Crippen LogP) is 2.24. The van der Waals surface area contributed by atoms with E-state index in [1.165, 1.54) is 30.6 Å². The zero-order valence-electron chi connectivity index (χ0n) is 12.5. The van der Waals surface area contributed by atoms with E-state index in [1.807, 2.05) is 0 Å². The fraction of sp³-hybridized carbons (Fsp3) is 0.625. The summed E-state index contributed by atoms with van der Waals surface area (Å²) in [6, 6.07) is 8.78. The van der Waals surface area contributed by atoms with Crippen molar-refractivity contribution in [2.24, 2.45) is 5.73 Å². The maximum absolute atomic E-state index is 6.16. The molecule has 1 aliphatic heterocycles. The van der Waals surface area contributed by atoms with E-state index in [4.69, 9.17) is 5.73 Å². The maximum atomic E-state index is 6.16. The minimum Gasteiger partial charge on any atom is -0.368 e. The molecule has 1 aromatic carbocycles. The third-order valence-electron chi connectivity index (χ3n) is 4.65. The van der Waals surface area contributed by atoms with E-state index in [1.54, 1.807) is 0 Å². The first-order valence-electron chi connectivity index (χ1n) is 7.26. The van der Waals surface area contributed by atoms with E-state index < -0.39 is 0 Å². The van der Waals surface area contributed by atoms with E-state index in [2.05, 4.69) is 55.1 Å². The molecule has 0 spiro atoms. The number of rotatable bonds is 3. The van der Waals surface area contributed by atoms with Gasteiger partial charge in [-0.2, -0.15) is 0 Å². The fourth-order valence-electron chi connectivity index (χ4n) is 3.03. The Bertz CT molecular complexity index is 401. The summed E-state index contributed by atoms with van der Waals surface area (Å²) in [7, 11) is 4.40. The first-order chi connectivity index (χ1) is 9.07. The van der Waals surface area contributed by atoms with Crippen molar-refractivity contribution in [3.8, 4) is 0 Å². The first kappa shape index (κ1) is 14.4. The number of hydrogen-bond donors (Lipinski definition) is 1. The van der Waals surface area contributed by atoms with Crippen molar-refractivity contribution in [1.82, 2.24) is 4.90 Å². The van der Waals surface area contributed by atoms with Crippen molar-refractivity contribution in [2.75, 3.05) is 38.6 Å². The van der Waals surface area contributed by atoms with Crippen LogP contribution in [0.25, 0.3) is 0 Å². The molecule has 1 aliphatic rings. The van der Waals surface area contributed by atoms with E-state index in [9.17, 15) is 0 Å². The van der Waals surface area contributed by atoms with Crippen molar-refractivity contribution in [1.29, 1.82) is 0 Å². The van der Waals surface area contributed by atoms with Gasteiger partial charge in [-0.05, 0) is 51.9 Å². The molecule has 1 atom stereocenters. The lowest BCUT2D eigenvalue weighted by atomic mass is 9.88. The standard InChI is InChI=1S/C16H27N3/c1-14-5-7-15(8-6-14)19(3)16(13-17)9-4-11-18(2)12-10-16/h5-8H,4,9-13,17H2,1-3H3. The highest BCUT2D eigenvalue weighted by Gasteiger charge is 2.34. The Hall–Kier alpha value is -1.06. The molecule has 1 fully saturated rings. The molecule has 106 valence electrons. The van der Waals surface area contributed by atoms with Crippen molar-refractivity contribution >= 4 is 5.69 Å². The van der Waals surface area contributed by atoms with Crippen LogP contribution in [0.15, 0.2) is 24.3 Å². The predicted molar refractivity (Wildman–Crippen MR) is 82.7 cm³/mol. The van der Waals surface area contributed by atoms with Crippen LogP contribution in [0.3, 0.4) is 0 Å². The van der Waals surface area contributed by atoms with Gasteiger partial charge in [-0.25, -0.2) is 0 Å². The molecule has 1 unspecified atom stereocenters. The largest absolute Gasteiger partial charge is 0.368 e. The van der Waals surface area contributed by atoms with Crippen LogP contribution in [0.2, 0.25) is 0 Å². The van der Waals surface area contributed by atoms with Gasteiger partial charge < -0.3 is 15.5 Å². The lowest BCUT2D eigenvalue weighted by molar-refractivity contribution is 0.324.